The maximum Gasteiger partial charge on any atom is 0.134 e. The standard InChI is InChI=1S/C10H12O.C6H5Cl/c1-8-4-3-5-10(6-8)7-9(2)11;7-6-4-2-1-3-5-6/h3-6H,7H2,1-2H3;1-5H. The van der Waals surface area contributed by atoms with E-state index in [0.717, 1.165) is 10.6 Å². The summed E-state index contributed by atoms with van der Waals surface area (Å²) in [4.78, 5) is 10.7. The number of halogens is 1. The number of Topliss-reactive ketones (excluding diaryl/α,β-unsaturated/α-hetero) is 1. The molecule has 0 radical (unpaired) electrons. The van der Waals surface area contributed by atoms with Gasteiger partial charge in [-0.25, -0.2) is 0 Å². The minimum absolute atomic E-state index is 0.218. The highest BCUT2D eigenvalue weighted by Crippen LogP contribution is 2.04. The Hall–Kier alpha value is -1.60. The van der Waals surface area contributed by atoms with E-state index in [1.807, 2.05) is 61.5 Å². The number of hydrogen-bond donors (Lipinski definition) is 0. The Labute approximate surface area is 113 Å². The van der Waals surface area contributed by atoms with Crippen molar-refractivity contribution in [1.29, 1.82) is 0 Å². The SMILES string of the molecule is CC(=O)Cc1cccc(C)c1.Clc1ccccc1. The average Bonchev–Trinajstić information content (AvgIpc) is 2.30. The highest BCUT2D eigenvalue weighted by atomic mass is 35.5. The Kier molecular flexibility index (Phi) is 6.16. The predicted molar refractivity (Wildman–Crippen MR) is 77.0 cm³/mol. The summed E-state index contributed by atoms with van der Waals surface area (Å²) in [5.74, 6) is 0.218. The van der Waals surface area contributed by atoms with E-state index in [4.69, 9.17) is 11.6 Å². The Morgan fingerprint density at radius 2 is 1.72 bits per heavy atom. The number of hydrogen-bond acceptors (Lipinski definition) is 1. The fourth-order valence-corrected chi connectivity index (χ4v) is 1.67. The molecule has 0 heterocycles. The van der Waals surface area contributed by atoms with Crippen LogP contribution in [0.5, 0.6) is 0 Å². The lowest BCUT2D eigenvalue weighted by molar-refractivity contribution is -0.116. The number of carbonyl (C=O) groups excluding carboxylic acids is 1. The molecule has 2 aromatic carbocycles. The van der Waals surface area contributed by atoms with Crippen molar-refractivity contribution >= 4 is 17.4 Å². The summed E-state index contributed by atoms with van der Waals surface area (Å²) in [7, 11) is 0. The molecule has 0 N–H and O–H groups in total. The van der Waals surface area contributed by atoms with Crippen molar-refractivity contribution in [3.05, 3.63) is 70.7 Å². The van der Waals surface area contributed by atoms with Crippen LogP contribution in [0.15, 0.2) is 54.6 Å². The molecule has 0 fully saturated rings. The molecule has 2 rings (SSSR count). The Balaban J connectivity index is 0.000000199. The largest absolute Gasteiger partial charge is 0.300 e. The van der Waals surface area contributed by atoms with Crippen LogP contribution in [0.4, 0.5) is 0 Å². The van der Waals surface area contributed by atoms with Crippen molar-refractivity contribution in [1.82, 2.24) is 0 Å². The van der Waals surface area contributed by atoms with E-state index >= 15 is 0 Å². The van der Waals surface area contributed by atoms with Crippen LogP contribution in [0.2, 0.25) is 5.02 Å². The maximum absolute atomic E-state index is 10.7. The first-order chi connectivity index (χ1) is 8.58. The molecule has 0 atom stereocenters. The van der Waals surface area contributed by atoms with Crippen LogP contribution in [0.3, 0.4) is 0 Å². The van der Waals surface area contributed by atoms with Gasteiger partial charge in [0.25, 0.3) is 0 Å². The molecule has 94 valence electrons. The molecular weight excluding hydrogens is 244 g/mol. The summed E-state index contributed by atoms with van der Waals surface area (Å²) in [5.41, 5.74) is 2.32. The first-order valence-electron chi connectivity index (χ1n) is 5.83. The fraction of sp³-hybridized carbons (Fsp3) is 0.188. The molecule has 18 heavy (non-hydrogen) atoms. The van der Waals surface area contributed by atoms with Gasteiger partial charge in [-0.15, -0.1) is 0 Å². The summed E-state index contributed by atoms with van der Waals surface area (Å²) in [6.45, 7) is 3.64. The second-order valence-electron chi connectivity index (χ2n) is 4.16. The highest BCUT2D eigenvalue weighted by Gasteiger charge is 1.95. The smallest absolute Gasteiger partial charge is 0.134 e. The molecule has 1 nitrogen and oxygen atoms in total. The van der Waals surface area contributed by atoms with Crippen LogP contribution in [-0.2, 0) is 11.2 Å². The maximum atomic E-state index is 10.7. The van der Waals surface area contributed by atoms with Gasteiger partial charge in [-0.1, -0.05) is 59.6 Å². The van der Waals surface area contributed by atoms with Crippen molar-refractivity contribution in [3.63, 3.8) is 0 Å². The third kappa shape index (κ3) is 6.21. The van der Waals surface area contributed by atoms with Gasteiger partial charge in [0.15, 0.2) is 0 Å². The summed E-state index contributed by atoms with van der Waals surface area (Å²) in [5, 5.41) is 0.794. The van der Waals surface area contributed by atoms with Gasteiger partial charge in [0.1, 0.15) is 5.78 Å². The Bertz CT molecular complexity index is 491. The molecule has 0 unspecified atom stereocenters. The van der Waals surface area contributed by atoms with Gasteiger partial charge in [0.05, 0.1) is 0 Å². The normalized spacial score (nSPS) is 9.28. The van der Waals surface area contributed by atoms with Gasteiger partial charge in [0.2, 0.25) is 0 Å². The second kappa shape index (κ2) is 7.67. The number of ketones is 1. The first kappa shape index (κ1) is 14.5. The lowest BCUT2D eigenvalue weighted by Crippen LogP contribution is -1.95. The molecule has 0 saturated heterocycles. The van der Waals surface area contributed by atoms with E-state index in [-0.39, 0.29) is 5.78 Å². The summed E-state index contributed by atoms with van der Waals surface area (Å²) in [6.07, 6.45) is 0.557. The van der Waals surface area contributed by atoms with Crippen LogP contribution in [0, 0.1) is 6.92 Å². The molecular formula is C16H17ClO. The van der Waals surface area contributed by atoms with Gasteiger partial charge in [-0.2, -0.15) is 0 Å². The zero-order valence-electron chi connectivity index (χ0n) is 10.7. The molecule has 2 aromatic rings. The minimum atomic E-state index is 0.218. The van der Waals surface area contributed by atoms with E-state index in [2.05, 4.69) is 0 Å². The van der Waals surface area contributed by atoms with Gasteiger partial charge < -0.3 is 0 Å². The molecule has 0 aromatic heterocycles. The van der Waals surface area contributed by atoms with E-state index in [1.54, 1.807) is 6.92 Å². The lowest BCUT2D eigenvalue weighted by atomic mass is 10.1. The number of benzene rings is 2. The highest BCUT2D eigenvalue weighted by molar-refractivity contribution is 6.30. The van der Waals surface area contributed by atoms with Crippen molar-refractivity contribution in [2.24, 2.45) is 0 Å². The Morgan fingerprint density at radius 1 is 1.06 bits per heavy atom. The third-order valence-electron chi connectivity index (χ3n) is 2.27. The molecule has 2 heteroatoms. The molecule has 0 saturated carbocycles. The van der Waals surface area contributed by atoms with Crippen LogP contribution in [-0.4, -0.2) is 5.78 Å². The predicted octanol–water partition coefficient (Wildman–Crippen LogP) is 4.47. The fourth-order valence-electron chi connectivity index (χ4n) is 1.52. The lowest BCUT2D eigenvalue weighted by Gasteiger charge is -1.97. The van der Waals surface area contributed by atoms with E-state index < -0.39 is 0 Å². The van der Waals surface area contributed by atoms with Crippen molar-refractivity contribution in [3.8, 4) is 0 Å². The zero-order valence-corrected chi connectivity index (χ0v) is 11.4. The summed E-state index contributed by atoms with van der Waals surface area (Å²) in [6, 6.07) is 17.5. The van der Waals surface area contributed by atoms with Crippen molar-refractivity contribution in [2.45, 2.75) is 20.3 Å². The molecule has 0 aliphatic heterocycles. The van der Waals surface area contributed by atoms with E-state index in [1.165, 1.54) is 5.56 Å². The quantitative estimate of drug-likeness (QED) is 0.779. The molecule has 0 bridgehead atoms. The van der Waals surface area contributed by atoms with Crippen LogP contribution < -0.4 is 0 Å². The number of carbonyl (C=O) groups is 1. The van der Waals surface area contributed by atoms with Crippen molar-refractivity contribution < 1.29 is 4.79 Å². The van der Waals surface area contributed by atoms with Crippen LogP contribution in [0.1, 0.15) is 18.1 Å². The Morgan fingerprint density at radius 3 is 2.17 bits per heavy atom. The molecule has 0 aliphatic rings. The molecule has 0 spiro atoms. The van der Waals surface area contributed by atoms with E-state index in [0.29, 0.717) is 6.42 Å². The summed E-state index contributed by atoms with van der Waals surface area (Å²) >= 11 is 5.54. The van der Waals surface area contributed by atoms with Crippen molar-refractivity contribution in [2.75, 3.05) is 0 Å². The minimum Gasteiger partial charge on any atom is -0.300 e. The van der Waals surface area contributed by atoms with Gasteiger partial charge in [0, 0.05) is 11.4 Å². The van der Waals surface area contributed by atoms with E-state index in [9.17, 15) is 4.79 Å². The molecule has 0 aliphatic carbocycles. The monoisotopic (exact) mass is 260 g/mol. The van der Waals surface area contributed by atoms with Crippen LogP contribution in [0.25, 0.3) is 0 Å². The van der Waals surface area contributed by atoms with Gasteiger partial charge in [-0.05, 0) is 31.5 Å². The molecule has 0 amide bonds. The van der Waals surface area contributed by atoms with Gasteiger partial charge >= 0.3 is 0 Å². The topological polar surface area (TPSA) is 17.1 Å². The summed E-state index contributed by atoms with van der Waals surface area (Å²) < 4.78 is 0. The number of aryl methyl sites for hydroxylation is 1. The van der Waals surface area contributed by atoms with Gasteiger partial charge in [-0.3, -0.25) is 4.79 Å². The first-order valence-corrected chi connectivity index (χ1v) is 6.21. The second-order valence-corrected chi connectivity index (χ2v) is 4.60. The van der Waals surface area contributed by atoms with Crippen LogP contribution >= 0.6 is 11.6 Å². The average molecular weight is 261 g/mol. The third-order valence-corrected chi connectivity index (χ3v) is 2.52. The zero-order chi connectivity index (χ0) is 13.4. The number of rotatable bonds is 2.